The van der Waals surface area contributed by atoms with Gasteiger partial charge in [-0.2, -0.15) is 4.98 Å². The van der Waals surface area contributed by atoms with Crippen LogP contribution in [0.3, 0.4) is 0 Å². The summed E-state index contributed by atoms with van der Waals surface area (Å²) in [5, 5.41) is 6.53. The molecule has 2 heterocycles. The number of pyridine rings is 1. The summed E-state index contributed by atoms with van der Waals surface area (Å²) in [4.78, 5) is 37.6. The fourth-order valence-corrected chi connectivity index (χ4v) is 4.72. The Kier molecular flexibility index (Phi) is 9.44. The summed E-state index contributed by atoms with van der Waals surface area (Å²) in [6.07, 6.45) is 0.811. The van der Waals surface area contributed by atoms with Gasteiger partial charge in [-0.3, -0.25) is 14.2 Å². The van der Waals surface area contributed by atoms with Crippen molar-refractivity contribution in [2.75, 3.05) is 31.5 Å². The van der Waals surface area contributed by atoms with Crippen LogP contribution in [-0.2, 0) is 0 Å². The molecule has 0 spiro atoms. The Morgan fingerprint density at radius 1 is 1.02 bits per heavy atom. The molecule has 4 rings (SSSR count). The first-order valence-electron chi connectivity index (χ1n) is 13.9. The lowest BCUT2D eigenvalue weighted by molar-refractivity contribution is 0.0943. The maximum Gasteiger partial charge on any atom is 0.256 e. The third-order valence-electron chi connectivity index (χ3n) is 6.91. The fourth-order valence-electron chi connectivity index (χ4n) is 4.72. The van der Waals surface area contributed by atoms with Crippen LogP contribution in [0.15, 0.2) is 53.3 Å². The van der Waals surface area contributed by atoms with E-state index in [0.29, 0.717) is 28.8 Å². The van der Waals surface area contributed by atoms with Crippen molar-refractivity contribution in [1.82, 2.24) is 24.8 Å². The van der Waals surface area contributed by atoms with Crippen molar-refractivity contribution in [1.29, 1.82) is 0 Å². The summed E-state index contributed by atoms with van der Waals surface area (Å²) in [6, 6.07) is 11.5. The molecule has 2 aromatic carbocycles. The van der Waals surface area contributed by atoms with Crippen LogP contribution in [0.2, 0.25) is 0 Å². The Bertz CT molecular complexity index is 1590. The highest BCUT2D eigenvalue weighted by atomic mass is 19.1. The Balaban J connectivity index is 1.92. The monoisotopic (exact) mass is 562 g/mol. The molecule has 0 saturated carbocycles. The van der Waals surface area contributed by atoms with Crippen molar-refractivity contribution in [3.63, 3.8) is 0 Å². The molecule has 2 aromatic heterocycles. The number of rotatable bonds is 11. The summed E-state index contributed by atoms with van der Waals surface area (Å²) >= 11 is 0. The number of nitrogens with zero attached hydrogens (tertiary/aromatic N) is 4. The molecule has 4 aromatic rings. The molecule has 216 valence electrons. The second kappa shape index (κ2) is 13.0. The zero-order chi connectivity index (χ0) is 29.7. The molecule has 0 saturated heterocycles. The largest absolute Gasteiger partial charge is 0.354 e. The van der Waals surface area contributed by atoms with E-state index < -0.39 is 22.9 Å². The number of benzene rings is 2. The van der Waals surface area contributed by atoms with E-state index >= 15 is 0 Å². The van der Waals surface area contributed by atoms with Crippen molar-refractivity contribution < 1.29 is 13.6 Å². The molecule has 0 fully saturated rings. The van der Waals surface area contributed by atoms with E-state index in [9.17, 15) is 18.4 Å². The maximum atomic E-state index is 15.0. The van der Waals surface area contributed by atoms with Crippen molar-refractivity contribution in [3.05, 3.63) is 81.6 Å². The zero-order valence-corrected chi connectivity index (χ0v) is 24.1. The summed E-state index contributed by atoms with van der Waals surface area (Å²) < 4.78 is 30.9. The summed E-state index contributed by atoms with van der Waals surface area (Å²) in [5.74, 6) is -1.81. The molecule has 0 atom stereocenters. The summed E-state index contributed by atoms with van der Waals surface area (Å²) in [5.41, 5.74) is 1.24. The third-order valence-corrected chi connectivity index (χ3v) is 6.91. The van der Waals surface area contributed by atoms with Gasteiger partial charge in [0.25, 0.3) is 11.5 Å². The quantitative estimate of drug-likeness (QED) is 0.241. The van der Waals surface area contributed by atoms with Crippen molar-refractivity contribution in [2.45, 2.75) is 47.1 Å². The van der Waals surface area contributed by atoms with Crippen LogP contribution in [0.1, 0.15) is 50.0 Å². The van der Waals surface area contributed by atoms with Gasteiger partial charge in [0.05, 0.1) is 5.69 Å². The number of para-hydroxylation sites is 1. The number of halogens is 2. The second-order valence-electron chi connectivity index (χ2n) is 10.2. The molecule has 0 aliphatic heterocycles. The van der Waals surface area contributed by atoms with Crippen molar-refractivity contribution in [3.8, 4) is 16.9 Å². The number of anilines is 1. The van der Waals surface area contributed by atoms with Gasteiger partial charge in [-0.25, -0.2) is 13.8 Å². The number of aryl methyl sites for hydroxylation is 1. The van der Waals surface area contributed by atoms with E-state index in [-0.39, 0.29) is 23.5 Å². The van der Waals surface area contributed by atoms with Gasteiger partial charge >= 0.3 is 0 Å². The molecule has 0 aliphatic rings. The number of hydrogen-bond acceptors (Lipinski definition) is 6. The Labute approximate surface area is 238 Å². The van der Waals surface area contributed by atoms with Crippen LogP contribution in [0, 0.1) is 18.6 Å². The van der Waals surface area contributed by atoms with Crippen LogP contribution in [0.25, 0.3) is 28.0 Å². The molecular weight excluding hydrogens is 526 g/mol. The lowest BCUT2D eigenvalue weighted by Gasteiger charge is -2.18. The van der Waals surface area contributed by atoms with E-state index in [4.69, 9.17) is 4.98 Å². The molecule has 0 bridgehead atoms. The summed E-state index contributed by atoms with van der Waals surface area (Å²) in [6.45, 7) is 13.1. The van der Waals surface area contributed by atoms with Crippen molar-refractivity contribution >= 4 is 22.9 Å². The molecule has 0 radical (unpaired) electrons. The minimum Gasteiger partial charge on any atom is -0.354 e. The minimum atomic E-state index is -0.892. The van der Waals surface area contributed by atoms with E-state index in [1.807, 2.05) is 26.8 Å². The smallest absolute Gasteiger partial charge is 0.256 e. The average molecular weight is 563 g/mol. The van der Waals surface area contributed by atoms with Crippen LogP contribution >= 0.6 is 0 Å². The Morgan fingerprint density at radius 2 is 1.73 bits per heavy atom. The molecule has 10 heteroatoms. The van der Waals surface area contributed by atoms with Gasteiger partial charge < -0.3 is 15.5 Å². The number of carbonyl (C=O) groups excluding carboxylic acids is 1. The van der Waals surface area contributed by atoms with Gasteiger partial charge in [0.15, 0.2) is 5.65 Å². The van der Waals surface area contributed by atoms with Crippen molar-refractivity contribution in [2.24, 2.45) is 0 Å². The minimum absolute atomic E-state index is 0.0502. The van der Waals surface area contributed by atoms with Crippen LogP contribution in [0.4, 0.5) is 14.7 Å². The fraction of sp³-hybridized carbons (Fsp3) is 0.355. The molecule has 1 amide bonds. The van der Waals surface area contributed by atoms with Gasteiger partial charge in [-0.05, 0) is 82.7 Å². The molecule has 2 N–H and O–H groups in total. The molecule has 0 aliphatic carbocycles. The van der Waals surface area contributed by atoms with E-state index in [1.165, 1.54) is 12.1 Å². The normalized spacial score (nSPS) is 11.4. The van der Waals surface area contributed by atoms with E-state index in [2.05, 4.69) is 34.4 Å². The van der Waals surface area contributed by atoms with E-state index in [0.717, 1.165) is 48.3 Å². The molecule has 8 nitrogen and oxygen atoms in total. The highest BCUT2D eigenvalue weighted by molar-refractivity contribution is 5.98. The highest BCUT2D eigenvalue weighted by Crippen LogP contribution is 2.31. The predicted octanol–water partition coefficient (Wildman–Crippen LogP) is 5.32. The average Bonchev–Trinajstić information content (AvgIpc) is 2.93. The first kappa shape index (κ1) is 29.8. The SMILES string of the molecule is CCN(CC)CCCNc1nc(-c2cc(C(=O)NC(C)C)ccc2C)c2ccc(=O)n(-c3c(F)cccc3F)c2n1. The summed E-state index contributed by atoms with van der Waals surface area (Å²) in [7, 11) is 0. The predicted molar refractivity (Wildman–Crippen MR) is 159 cm³/mol. The van der Waals surface area contributed by atoms with E-state index in [1.54, 1.807) is 18.2 Å². The van der Waals surface area contributed by atoms with Gasteiger partial charge in [-0.1, -0.05) is 26.0 Å². The number of hydrogen-bond donors (Lipinski definition) is 2. The Hall–Kier alpha value is -4.18. The van der Waals surface area contributed by atoms with Crippen LogP contribution < -0.4 is 16.2 Å². The van der Waals surface area contributed by atoms with Crippen LogP contribution in [0.5, 0.6) is 0 Å². The first-order chi connectivity index (χ1) is 19.6. The van der Waals surface area contributed by atoms with Gasteiger partial charge in [-0.15, -0.1) is 0 Å². The van der Waals surface area contributed by atoms with Gasteiger partial charge in [0.2, 0.25) is 5.95 Å². The topological polar surface area (TPSA) is 92.2 Å². The molecule has 41 heavy (non-hydrogen) atoms. The first-order valence-corrected chi connectivity index (χ1v) is 13.9. The third kappa shape index (κ3) is 6.59. The Morgan fingerprint density at radius 3 is 2.39 bits per heavy atom. The lowest BCUT2D eigenvalue weighted by atomic mass is 9.99. The number of carbonyl (C=O) groups is 1. The van der Waals surface area contributed by atoms with Gasteiger partial charge in [0.1, 0.15) is 17.3 Å². The number of aromatic nitrogens is 3. The number of fused-ring (bicyclic) bond motifs is 1. The molecule has 0 unspecified atom stereocenters. The number of nitrogens with one attached hydrogen (secondary N) is 2. The lowest BCUT2D eigenvalue weighted by Crippen LogP contribution is -2.30. The zero-order valence-electron chi connectivity index (χ0n) is 24.1. The maximum absolute atomic E-state index is 15.0. The number of amides is 1. The van der Waals surface area contributed by atoms with Gasteiger partial charge in [0, 0.05) is 35.2 Å². The standard InChI is InChI=1S/C31H36F2N6O2/c1-6-38(7-2)17-9-16-34-31-36-27(23-18-21(13-12-20(23)5)30(41)35-19(3)4)22-14-15-26(40)39(29(22)37-31)28-24(32)10-8-11-25(28)33/h8,10-15,18-19H,6-7,9,16-17H2,1-5H3,(H,35,41)(H,34,36,37). The van der Waals surface area contributed by atoms with Crippen LogP contribution in [-0.4, -0.2) is 57.6 Å². The second-order valence-corrected chi connectivity index (χ2v) is 10.2. The highest BCUT2D eigenvalue weighted by Gasteiger charge is 2.21. The molecular formula is C31H36F2N6O2.